The third-order valence-electron chi connectivity index (χ3n) is 3.15. The van der Waals surface area contributed by atoms with E-state index in [2.05, 4.69) is 4.74 Å². The topological polar surface area (TPSA) is 55.8 Å². The van der Waals surface area contributed by atoms with E-state index in [-0.39, 0.29) is 12.5 Å². The van der Waals surface area contributed by atoms with Gasteiger partial charge >= 0.3 is 5.97 Å². The van der Waals surface area contributed by atoms with Crippen molar-refractivity contribution in [2.45, 2.75) is 6.10 Å². The number of hydrogen-bond donors (Lipinski definition) is 0. The number of amides is 1. The van der Waals surface area contributed by atoms with Gasteiger partial charge in [-0.15, -0.1) is 0 Å². The van der Waals surface area contributed by atoms with Crippen molar-refractivity contribution >= 4 is 29.6 Å². The van der Waals surface area contributed by atoms with E-state index in [0.717, 1.165) is 5.56 Å². The maximum absolute atomic E-state index is 12.1. The number of hydrogen-bond acceptors (Lipinski definition) is 4. The third kappa shape index (κ3) is 4.06. The first-order chi connectivity index (χ1) is 10.1. The fraction of sp³-hybridized carbons (Fsp3) is 0.333. The van der Waals surface area contributed by atoms with Gasteiger partial charge in [0.05, 0.1) is 20.3 Å². The maximum atomic E-state index is 12.1. The second kappa shape index (κ2) is 7.24. The molecule has 1 amide bonds. The molecule has 0 N–H and O–H groups in total. The summed E-state index contributed by atoms with van der Waals surface area (Å²) in [7, 11) is 1.30. The smallest absolute Gasteiger partial charge is 0.336 e. The van der Waals surface area contributed by atoms with E-state index in [9.17, 15) is 9.59 Å². The minimum Gasteiger partial charge on any atom is -0.467 e. The highest BCUT2D eigenvalue weighted by Crippen LogP contribution is 2.16. The quantitative estimate of drug-likeness (QED) is 0.630. The Morgan fingerprint density at radius 3 is 2.90 bits per heavy atom. The van der Waals surface area contributed by atoms with Gasteiger partial charge in [0.25, 0.3) is 0 Å². The number of nitrogens with zero attached hydrogens (tertiary/aromatic N) is 1. The van der Waals surface area contributed by atoms with Gasteiger partial charge in [0.2, 0.25) is 5.91 Å². The summed E-state index contributed by atoms with van der Waals surface area (Å²) in [4.78, 5) is 25.1. The van der Waals surface area contributed by atoms with Crippen LogP contribution in [0.3, 0.4) is 0 Å². The molecule has 112 valence electrons. The second-order valence-electron chi connectivity index (χ2n) is 4.52. The second-order valence-corrected chi connectivity index (χ2v) is 4.93. The first kappa shape index (κ1) is 15.5. The SMILES string of the molecule is COC(=O)C1CN(C(=O)/C=C/c2ccccc2Cl)CCO1. The Bertz CT molecular complexity index is 558. The van der Waals surface area contributed by atoms with Crippen molar-refractivity contribution in [2.75, 3.05) is 26.8 Å². The number of ether oxygens (including phenoxy) is 2. The summed E-state index contributed by atoms with van der Waals surface area (Å²) < 4.78 is 9.90. The first-order valence-corrected chi connectivity index (χ1v) is 6.90. The van der Waals surface area contributed by atoms with Crippen LogP contribution < -0.4 is 0 Å². The fourth-order valence-electron chi connectivity index (χ4n) is 2.00. The summed E-state index contributed by atoms with van der Waals surface area (Å²) in [5, 5.41) is 0.580. The van der Waals surface area contributed by atoms with Crippen LogP contribution in [0.25, 0.3) is 6.08 Å². The van der Waals surface area contributed by atoms with Crippen molar-refractivity contribution in [3.63, 3.8) is 0 Å². The molecule has 0 spiro atoms. The largest absolute Gasteiger partial charge is 0.467 e. The van der Waals surface area contributed by atoms with Crippen LogP contribution in [-0.2, 0) is 19.1 Å². The van der Waals surface area contributed by atoms with E-state index in [0.29, 0.717) is 18.2 Å². The standard InChI is InChI=1S/C15H16ClNO4/c1-20-15(19)13-10-17(8-9-21-13)14(18)7-6-11-4-2-3-5-12(11)16/h2-7,13H,8-10H2,1H3/b7-6+. The lowest BCUT2D eigenvalue weighted by molar-refractivity contribution is -0.161. The average Bonchev–Trinajstić information content (AvgIpc) is 2.53. The highest BCUT2D eigenvalue weighted by molar-refractivity contribution is 6.32. The summed E-state index contributed by atoms with van der Waals surface area (Å²) >= 11 is 6.02. The van der Waals surface area contributed by atoms with Gasteiger partial charge in [-0.2, -0.15) is 0 Å². The molecule has 1 atom stereocenters. The van der Waals surface area contributed by atoms with Crippen LogP contribution in [0.1, 0.15) is 5.56 Å². The predicted molar refractivity (Wildman–Crippen MR) is 78.8 cm³/mol. The third-order valence-corrected chi connectivity index (χ3v) is 3.50. The van der Waals surface area contributed by atoms with E-state index in [1.54, 1.807) is 17.0 Å². The summed E-state index contributed by atoms with van der Waals surface area (Å²) in [5.41, 5.74) is 0.769. The average molecular weight is 310 g/mol. The molecular formula is C15H16ClNO4. The molecule has 1 saturated heterocycles. The fourth-order valence-corrected chi connectivity index (χ4v) is 2.20. The molecule has 1 aromatic rings. The zero-order chi connectivity index (χ0) is 15.2. The van der Waals surface area contributed by atoms with Crippen LogP contribution in [0.15, 0.2) is 30.3 Å². The van der Waals surface area contributed by atoms with Gasteiger partial charge in [-0.05, 0) is 17.7 Å². The molecule has 0 saturated carbocycles. The van der Waals surface area contributed by atoms with Crippen molar-refractivity contribution in [3.05, 3.63) is 40.9 Å². The van der Waals surface area contributed by atoms with Crippen molar-refractivity contribution in [2.24, 2.45) is 0 Å². The molecule has 6 heteroatoms. The minimum atomic E-state index is -0.721. The van der Waals surface area contributed by atoms with Gasteiger partial charge in [-0.25, -0.2) is 4.79 Å². The molecule has 0 bridgehead atoms. The predicted octanol–water partition coefficient (Wildman–Crippen LogP) is 1.75. The maximum Gasteiger partial charge on any atom is 0.336 e. The summed E-state index contributed by atoms with van der Waals surface area (Å²) in [6.45, 7) is 0.947. The van der Waals surface area contributed by atoms with Crippen molar-refractivity contribution in [1.29, 1.82) is 0 Å². The van der Waals surface area contributed by atoms with Gasteiger partial charge in [-0.3, -0.25) is 4.79 Å². The van der Waals surface area contributed by atoms with Crippen LogP contribution in [-0.4, -0.2) is 49.7 Å². The molecule has 2 rings (SSSR count). The molecule has 1 unspecified atom stereocenters. The Balaban J connectivity index is 2.00. The molecular weight excluding hydrogens is 294 g/mol. The van der Waals surface area contributed by atoms with Crippen LogP contribution >= 0.6 is 11.6 Å². The minimum absolute atomic E-state index is 0.188. The molecule has 5 nitrogen and oxygen atoms in total. The zero-order valence-corrected chi connectivity index (χ0v) is 12.4. The first-order valence-electron chi connectivity index (χ1n) is 6.52. The molecule has 1 aromatic carbocycles. The number of halogens is 1. The highest BCUT2D eigenvalue weighted by atomic mass is 35.5. The monoisotopic (exact) mass is 309 g/mol. The van der Waals surface area contributed by atoms with Crippen LogP contribution in [0, 0.1) is 0 Å². The zero-order valence-electron chi connectivity index (χ0n) is 11.6. The molecule has 1 aliphatic heterocycles. The molecule has 1 fully saturated rings. The molecule has 21 heavy (non-hydrogen) atoms. The van der Waals surface area contributed by atoms with Gasteiger partial charge in [0, 0.05) is 17.6 Å². The van der Waals surface area contributed by atoms with Gasteiger partial charge in [0.15, 0.2) is 6.10 Å². The molecule has 1 heterocycles. The van der Waals surface area contributed by atoms with Gasteiger partial charge in [-0.1, -0.05) is 29.8 Å². The number of benzene rings is 1. The van der Waals surface area contributed by atoms with E-state index in [1.165, 1.54) is 13.2 Å². The Hall–Kier alpha value is -1.85. The van der Waals surface area contributed by atoms with Crippen molar-refractivity contribution < 1.29 is 19.1 Å². The lowest BCUT2D eigenvalue weighted by Gasteiger charge is -2.30. The van der Waals surface area contributed by atoms with E-state index in [4.69, 9.17) is 16.3 Å². The van der Waals surface area contributed by atoms with Crippen LogP contribution in [0.2, 0.25) is 5.02 Å². The van der Waals surface area contributed by atoms with Crippen molar-refractivity contribution in [3.8, 4) is 0 Å². The lowest BCUT2D eigenvalue weighted by Crippen LogP contribution is -2.48. The van der Waals surface area contributed by atoms with Crippen molar-refractivity contribution in [1.82, 2.24) is 4.90 Å². The molecule has 0 radical (unpaired) electrons. The Morgan fingerprint density at radius 2 is 2.19 bits per heavy atom. The normalized spacial score (nSPS) is 18.8. The number of methoxy groups -OCH3 is 1. The summed E-state index contributed by atoms with van der Waals surface area (Å²) in [5.74, 6) is -0.658. The number of rotatable bonds is 3. The summed E-state index contributed by atoms with van der Waals surface area (Å²) in [6.07, 6.45) is 2.38. The van der Waals surface area contributed by atoms with E-state index < -0.39 is 12.1 Å². The number of esters is 1. The lowest BCUT2D eigenvalue weighted by atomic mass is 10.2. The molecule has 0 aromatic heterocycles. The number of carbonyl (C=O) groups excluding carboxylic acids is 2. The van der Waals surface area contributed by atoms with Crippen LogP contribution in [0.4, 0.5) is 0 Å². The number of morpholine rings is 1. The van der Waals surface area contributed by atoms with E-state index in [1.807, 2.05) is 18.2 Å². The number of carbonyl (C=O) groups is 2. The van der Waals surface area contributed by atoms with Crippen LogP contribution in [0.5, 0.6) is 0 Å². The Kier molecular flexibility index (Phi) is 5.36. The summed E-state index contributed by atoms with van der Waals surface area (Å²) in [6, 6.07) is 7.25. The van der Waals surface area contributed by atoms with Gasteiger partial charge in [0.1, 0.15) is 0 Å². The Labute approximate surface area is 128 Å². The molecule has 1 aliphatic rings. The van der Waals surface area contributed by atoms with E-state index >= 15 is 0 Å². The van der Waals surface area contributed by atoms with Gasteiger partial charge < -0.3 is 14.4 Å². The molecule has 0 aliphatic carbocycles. The Morgan fingerprint density at radius 1 is 1.43 bits per heavy atom. The highest BCUT2D eigenvalue weighted by Gasteiger charge is 2.28.